The van der Waals surface area contributed by atoms with Gasteiger partial charge in [-0.25, -0.2) is 13.6 Å². The van der Waals surface area contributed by atoms with Crippen molar-refractivity contribution in [1.29, 1.82) is 0 Å². The van der Waals surface area contributed by atoms with E-state index in [9.17, 15) is 34.8 Å². The second kappa shape index (κ2) is 38.8. The SMILES string of the molecule is C.CC(=O)C1(CF)CCCCO1.CC(=O)C1(CO)CCCCO1.CC1CCCO1.COCCN(CCOC)S(F)(F)F.O.O=C(O)C1(CF)CCCCO1.OO.[Li+].[OH-]. The second-order valence-electron chi connectivity index (χ2n) is 12.9. The third-order valence-corrected chi connectivity index (χ3v) is 9.91. The number of hydrogen-bond donors (Lipinski definition) is 4. The molecule has 4 atom stereocenters. The van der Waals surface area contributed by atoms with E-state index in [4.69, 9.17) is 39.7 Å². The van der Waals surface area contributed by atoms with Crippen LogP contribution in [-0.2, 0) is 42.8 Å². The summed E-state index contributed by atoms with van der Waals surface area (Å²) in [6, 6.07) is 0. The largest absolute Gasteiger partial charge is 1.00 e. The standard InChI is InChI=1S/C8H13FO2.C8H14O3.C7H11FO3.C6H14F3NO2S.C5H10O.CH4.Li.H2O2.2H2O/c2*1-7(10)8(6-9)4-2-3-5-11-8;8-5-7(6(9)10)3-1-2-4-11-7;1-11-5-3-10(4-6-12-2)13(7,8)9;1-5-3-2-4-6-5;;;1-2;;/h2-6H2,1H3;9H,2-6H2,1H3;1-5H2,(H,9,10);3-6H2,1-2H3;5H,2-4H2,1H3;1H4;;1-2H;2*1H2/q;;;;;;+1;;;/p-1. The number of carboxylic acids is 1. The van der Waals surface area contributed by atoms with Crippen LogP contribution in [0.1, 0.15) is 98.8 Å². The van der Waals surface area contributed by atoms with Crippen molar-refractivity contribution in [1.82, 2.24) is 4.31 Å². The van der Waals surface area contributed by atoms with Crippen LogP contribution in [0.3, 0.4) is 0 Å². The molecule has 7 N–H and O–H groups in total. The van der Waals surface area contributed by atoms with Crippen molar-refractivity contribution in [2.75, 3.05) is 86.9 Å². The molecule has 16 nitrogen and oxygen atoms in total. The molecule has 348 valence electrons. The number of aliphatic hydroxyl groups excluding tert-OH is 1. The molecule has 0 aliphatic carbocycles. The minimum Gasteiger partial charge on any atom is -0.870 e. The molecule has 4 aliphatic heterocycles. The summed E-state index contributed by atoms with van der Waals surface area (Å²) in [5.74, 6) is -1.42. The molecule has 4 heterocycles. The molecule has 0 aromatic carbocycles. The smallest absolute Gasteiger partial charge is 0.870 e. The molecule has 23 heteroatoms. The van der Waals surface area contributed by atoms with Crippen LogP contribution in [0.4, 0.5) is 20.4 Å². The molecule has 0 saturated carbocycles. The van der Waals surface area contributed by atoms with Crippen molar-refractivity contribution >= 4 is 28.9 Å². The Morgan fingerprint density at radius 3 is 1.28 bits per heavy atom. The van der Waals surface area contributed by atoms with Crippen LogP contribution in [0, 0.1) is 0 Å². The predicted octanol–water partition coefficient (Wildman–Crippen LogP) is 2.77. The molecule has 0 aromatic rings. The van der Waals surface area contributed by atoms with Gasteiger partial charge in [0.2, 0.25) is 0 Å². The Kier molecular flexibility index (Phi) is 46.0. The number of alkyl halides is 2. The number of halogens is 5. The van der Waals surface area contributed by atoms with Gasteiger partial charge in [-0.2, -0.15) is 4.31 Å². The van der Waals surface area contributed by atoms with Crippen LogP contribution in [0.5, 0.6) is 0 Å². The number of rotatable bonds is 13. The molecule has 0 radical (unpaired) electrons. The van der Waals surface area contributed by atoms with Gasteiger partial charge in [0, 0.05) is 53.7 Å². The van der Waals surface area contributed by atoms with Crippen LogP contribution < -0.4 is 18.9 Å². The van der Waals surface area contributed by atoms with E-state index in [0.717, 1.165) is 45.1 Å². The summed E-state index contributed by atoms with van der Waals surface area (Å²) in [6.45, 7) is 5.57. The Labute approximate surface area is 354 Å². The van der Waals surface area contributed by atoms with E-state index in [1.54, 1.807) is 0 Å². The number of ether oxygens (including phenoxy) is 6. The maximum Gasteiger partial charge on any atom is 1.00 e. The molecule has 0 spiro atoms. The van der Waals surface area contributed by atoms with Crippen LogP contribution >= 0.6 is 11.4 Å². The summed E-state index contributed by atoms with van der Waals surface area (Å²) in [5, 5.41) is 29.6. The van der Waals surface area contributed by atoms with Crippen molar-refractivity contribution in [3.63, 3.8) is 0 Å². The molecule has 0 amide bonds. The molecule has 0 bridgehead atoms. The van der Waals surface area contributed by atoms with Crippen LogP contribution in [0.25, 0.3) is 0 Å². The van der Waals surface area contributed by atoms with Gasteiger partial charge in [0.1, 0.15) is 19.0 Å². The predicted molar refractivity (Wildman–Crippen MR) is 204 cm³/mol. The van der Waals surface area contributed by atoms with Crippen molar-refractivity contribution in [3.05, 3.63) is 0 Å². The third kappa shape index (κ3) is 27.0. The number of aliphatic hydroxyl groups is 1. The number of nitrogens with zero attached hydrogens (tertiary/aromatic N) is 1. The van der Waals surface area contributed by atoms with Gasteiger partial charge < -0.3 is 49.6 Å². The molecule has 4 unspecified atom stereocenters. The summed E-state index contributed by atoms with van der Waals surface area (Å²) in [5.41, 5.74) is -3.48. The van der Waals surface area contributed by atoms with E-state index in [-0.39, 0.29) is 81.7 Å². The Morgan fingerprint density at radius 1 is 0.741 bits per heavy atom. The van der Waals surface area contributed by atoms with Crippen LogP contribution in [0.2, 0.25) is 0 Å². The summed E-state index contributed by atoms with van der Waals surface area (Å²) < 4.78 is 91.6. The summed E-state index contributed by atoms with van der Waals surface area (Å²) in [6.07, 6.45) is 9.93. The molecule has 4 saturated heterocycles. The van der Waals surface area contributed by atoms with Gasteiger partial charge >= 0.3 is 24.8 Å². The average molecular weight is 880 g/mol. The Hall–Kier alpha value is -1.07. The van der Waals surface area contributed by atoms with E-state index in [0.29, 0.717) is 49.5 Å². The molecule has 4 aliphatic rings. The number of aliphatic carboxylic acids is 1. The zero-order valence-electron chi connectivity index (χ0n) is 34.3. The van der Waals surface area contributed by atoms with Crippen molar-refractivity contribution in [2.24, 2.45) is 0 Å². The molecular weight excluding hydrogens is 808 g/mol. The molecule has 58 heavy (non-hydrogen) atoms. The van der Waals surface area contributed by atoms with Crippen LogP contribution in [0.15, 0.2) is 0 Å². The van der Waals surface area contributed by atoms with E-state index in [2.05, 4.69) is 16.4 Å². The summed E-state index contributed by atoms with van der Waals surface area (Å²) >= 11 is -5.14. The van der Waals surface area contributed by atoms with Gasteiger partial charge in [0.15, 0.2) is 22.8 Å². The van der Waals surface area contributed by atoms with Gasteiger partial charge in [-0.3, -0.25) is 20.1 Å². The van der Waals surface area contributed by atoms with E-state index < -0.39 is 47.5 Å². The number of carboxylic acid groups (broad SMARTS) is 1. The second-order valence-corrected chi connectivity index (χ2v) is 14.1. The quantitative estimate of drug-likeness (QED) is 0.0899. The Morgan fingerprint density at radius 2 is 1.12 bits per heavy atom. The summed E-state index contributed by atoms with van der Waals surface area (Å²) in [4.78, 5) is 32.6. The van der Waals surface area contributed by atoms with Crippen molar-refractivity contribution in [3.8, 4) is 0 Å². The van der Waals surface area contributed by atoms with Crippen molar-refractivity contribution < 1.29 is 114 Å². The molecule has 4 fully saturated rings. The topological polar surface area (TPSA) is 252 Å². The number of hydrogen-bond acceptors (Lipinski definition) is 14. The van der Waals surface area contributed by atoms with Crippen LogP contribution in [-0.4, -0.2) is 163 Å². The molecule has 0 aromatic heterocycles. The summed E-state index contributed by atoms with van der Waals surface area (Å²) in [7, 11) is 2.75. The number of Topliss-reactive ketones (excluding diaryl/α,β-unsaturated/α-hetero) is 2. The maximum atomic E-state index is 12.4. The van der Waals surface area contributed by atoms with Crippen molar-refractivity contribution in [2.45, 2.75) is 122 Å². The zero-order chi connectivity index (χ0) is 41.7. The van der Waals surface area contributed by atoms with Gasteiger partial charge in [-0.1, -0.05) is 7.43 Å². The Bertz CT molecular complexity index is 895. The first-order chi connectivity index (χ1) is 25.5. The van der Waals surface area contributed by atoms with E-state index >= 15 is 0 Å². The first-order valence-corrected chi connectivity index (χ1v) is 19.2. The first-order valence-electron chi connectivity index (χ1n) is 17.9. The minimum atomic E-state index is -5.14. The number of carbonyl (C=O) groups is 3. The Balaban J connectivity index is -0.000000143. The monoisotopic (exact) mass is 879 g/mol. The number of carbonyl (C=O) groups excluding carboxylic acids is 2. The van der Waals surface area contributed by atoms with Gasteiger partial charge in [0.25, 0.3) is 11.4 Å². The normalized spacial score (nSPS) is 24.8. The fourth-order valence-electron chi connectivity index (χ4n) is 5.32. The van der Waals surface area contributed by atoms with E-state index in [1.807, 2.05) is 0 Å². The number of ketones is 2. The van der Waals surface area contributed by atoms with Gasteiger partial charge in [-0.15, -0.1) is 11.7 Å². The average Bonchev–Trinajstić information content (AvgIpc) is 3.67. The van der Waals surface area contributed by atoms with E-state index in [1.165, 1.54) is 40.9 Å². The van der Waals surface area contributed by atoms with Gasteiger partial charge in [-0.05, 0) is 91.4 Å². The zero-order valence-corrected chi connectivity index (χ0v) is 35.1. The minimum absolute atomic E-state index is 0. The first kappa shape index (κ1) is 68.7. The number of methoxy groups -OCH3 is 2. The maximum absolute atomic E-state index is 12.4. The molecule has 4 rings (SSSR count). The third-order valence-electron chi connectivity index (χ3n) is 8.96. The molecular formula is C35H71F5LiNO15S. The fourth-order valence-corrected chi connectivity index (χ4v) is 5.89. The fraction of sp³-hybridized carbons (Fsp3) is 0.914. The van der Waals surface area contributed by atoms with Gasteiger partial charge in [0.05, 0.1) is 25.9 Å².